The molecule has 2 aromatic heterocycles. The summed E-state index contributed by atoms with van der Waals surface area (Å²) < 4.78 is 62.9. The molecule has 4 rings (SSSR count). The van der Waals surface area contributed by atoms with Crippen LogP contribution in [0.4, 0.5) is 19.1 Å². The number of hydrogen-bond donors (Lipinski definition) is 1. The Labute approximate surface area is 192 Å². The molecule has 2 atom stereocenters. The van der Waals surface area contributed by atoms with Crippen molar-refractivity contribution in [2.24, 2.45) is 0 Å². The van der Waals surface area contributed by atoms with E-state index in [0.717, 1.165) is 17.3 Å². The zero-order valence-corrected chi connectivity index (χ0v) is 20.1. The van der Waals surface area contributed by atoms with E-state index in [2.05, 4.69) is 9.71 Å². The summed E-state index contributed by atoms with van der Waals surface area (Å²) in [4.78, 5) is 10.7. The standard InChI is InChI=1S/C22H28F3N5O2S/c1-13-10-15(14(2)28-33(31)21(3,4)5)18-16(11-13)19-26-17(22(23,24)25)12-30(19)20(27-18)29-6-8-32-9-7-29/h10-12,14,28H,6-9H2,1-5H3/t14-,33-/m1/s1. The number of aryl methyl sites for hydroxylation is 1. The molecule has 33 heavy (non-hydrogen) atoms. The Morgan fingerprint density at radius 2 is 1.82 bits per heavy atom. The van der Waals surface area contributed by atoms with E-state index in [1.54, 1.807) is 6.07 Å². The topological polar surface area (TPSA) is 71.8 Å². The van der Waals surface area contributed by atoms with Crippen LogP contribution in [0.25, 0.3) is 16.6 Å². The molecule has 0 saturated carbocycles. The lowest BCUT2D eigenvalue weighted by atomic mass is 10.0. The molecule has 11 heteroatoms. The van der Waals surface area contributed by atoms with Gasteiger partial charge in [0.2, 0.25) is 5.95 Å². The predicted molar refractivity (Wildman–Crippen MR) is 123 cm³/mol. The van der Waals surface area contributed by atoms with E-state index in [1.165, 1.54) is 4.40 Å². The smallest absolute Gasteiger partial charge is 0.378 e. The molecule has 1 saturated heterocycles. The van der Waals surface area contributed by atoms with Gasteiger partial charge in [0.05, 0.1) is 34.5 Å². The molecule has 1 aliphatic heterocycles. The van der Waals surface area contributed by atoms with Crippen molar-refractivity contribution < 1.29 is 22.1 Å². The Kier molecular flexibility index (Phi) is 6.17. The first-order chi connectivity index (χ1) is 15.4. The first kappa shape index (κ1) is 23.9. The molecule has 0 amide bonds. The van der Waals surface area contributed by atoms with Gasteiger partial charge in [0.1, 0.15) is 5.65 Å². The van der Waals surface area contributed by atoms with Gasteiger partial charge in [-0.15, -0.1) is 0 Å². The highest BCUT2D eigenvalue weighted by molar-refractivity contribution is 7.84. The minimum absolute atomic E-state index is 0.197. The largest absolute Gasteiger partial charge is 0.434 e. The molecule has 0 aliphatic carbocycles. The van der Waals surface area contributed by atoms with E-state index in [-0.39, 0.29) is 11.7 Å². The Bertz CT molecular complexity index is 1210. The number of halogens is 3. The summed E-state index contributed by atoms with van der Waals surface area (Å²) in [6.07, 6.45) is -3.57. The first-order valence-electron chi connectivity index (χ1n) is 10.8. The first-order valence-corrected chi connectivity index (χ1v) is 11.9. The van der Waals surface area contributed by atoms with Crippen LogP contribution in [0.15, 0.2) is 18.3 Å². The predicted octanol–water partition coefficient (Wildman–Crippen LogP) is 4.16. The van der Waals surface area contributed by atoms with E-state index >= 15 is 0 Å². The monoisotopic (exact) mass is 483 g/mol. The number of nitrogens with one attached hydrogen (secondary N) is 1. The van der Waals surface area contributed by atoms with Crippen LogP contribution >= 0.6 is 0 Å². The van der Waals surface area contributed by atoms with Crippen molar-refractivity contribution in [2.45, 2.75) is 51.6 Å². The quantitative estimate of drug-likeness (QED) is 0.604. The average molecular weight is 484 g/mol. The molecule has 180 valence electrons. The van der Waals surface area contributed by atoms with E-state index in [0.29, 0.717) is 43.2 Å². The number of ether oxygens (including phenoxy) is 1. The Balaban J connectivity index is 1.96. The highest BCUT2D eigenvalue weighted by atomic mass is 32.2. The van der Waals surface area contributed by atoms with Gasteiger partial charge in [-0.1, -0.05) is 6.07 Å². The minimum Gasteiger partial charge on any atom is -0.378 e. The number of morpholine rings is 1. The molecule has 1 N–H and O–H groups in total. The Morgan fingerprint density at radius 1 is 1.15 bits per heavy atom. The molecular formula is C22H28F3N5O2S. The third-order valence-corrected chi connectivity index (χ3v) is 7.23. The normalized spacial score (nSPS) is 17.6. The number of hydrogen-bond acceptors (Lipinski definition) is 5. The van der Waals surface area contributed by atoms with Crippen LogP contribution in [0.5, 0.6) is 0 Å². The maximum Gasteiger partial charge on any atom is 0.434 e. The van der Waals surface area contributed by atoms with Crippen molar-refractivity contribution >= 4 is 33.5 Å². The maximum absolute atomic E-state index is 13.6. The molecule has 0 unspecified atom stereocenters. The zero-order chi connectivity index (χ0) is 24.1. The van der Waals surface area contributed by atoms with E-state index in [4.69, 9.17) is 9.72 Å². The minimum atomic E-state index is -4.58. The van der Waals surface area contributed by atoms with Crippen molar-refractivity contribution in [3.8, 4) is 0 Å². The molecule has 1 fully saturated rings. The van der Waals surface area contributed by atoms with Gasteiger partial charge in [0, 0.05) is 30.7 Å². The summed E-state index contributed by atoms with van der Waals surface area (Å²) >= 11 is 0. The fourth-order valence-electron chi connectivity index (χ4n) is 3.83. The summed E-state index contributed by atoms with van der Waals surface area (Å²) in [5, 5.41) is 0.521. The van der Waals surface area contributed by atoms with Gasteiger partial charge in [-0.3, -0.25) is 4.40 Å². The van der Waals surface area contributed by atoms with Crippen molar-refractivity contribution in [3.05, 3.63) is 35.2 Å². The SMILES string of the molecule is Cc1cc([C@@H](C)N[S@](=O)C(C)(C)C)c2nc(N3CCOCC3)n3cc(C(F)(F)F)nc3c2c1. The van der Waals surface area contributed by atoms with Crippen molar-refractivity contribution in [1.82, 2.24) is 19.1 Å². The Morgan fingerprint density at radius 3 is 2.42 bits per heavy atom. The summed E-state index contributed by atoms with van der Waals surface area (Å²) in [6.45, 7) is 11.3. The van der Waals surface area contributed by atoms with Gasteiger partial charge in [0.25, 0.3) is 0 Å². The molecular weight excluding hydrogens is 455 g/mol. The fraction of sp³-hybridized carbons (Fsp3) is 0.545. The number of alkyl halides is 3. The van der Waals surface area contributed by atoms with Crippen LogP contribution in [0.2, 0.25) is 0 Å². The van der Waals surface area contributed by atoms with Gasteiger partial charge in [0.15, 0.2) is 5.69 Å². The van der Waals surface area contributed by atoms with E-state index < -0.39 is 27.6 Å². The van der Waals surface area contributed by atoms with Crippen molar-refractivity contribution in [1.29, 1.82) is 0 Å². The second kappa shape index (κ2) is 8.52. The van der Waals surface area contributed by atoms with Gasteiger partial charge >= 0.3 is 6.18 Å². The van der Waals surface area contributed by atoms with Crippen molar-refractivity contribution in [2.75, 3.05) is 31.2 Å². The van der Waals surface area contributed by atoms with Crippen LogP contribution in [0.3, 0.4) is 0 Å². The summed E-state index contributed by atoms with van der Waals surface area (Å²) in [5.41, 5.74) is 1.39. The Hall–Kier alpha value is -2.24. The second-order valence-electron chi connectivity index (χ2n) is 9.30. The van der Waals surface area contributed by atoms with Crippen LogP contribution in [-0.4, -0.2) is 49.6 Å². The third-order valence-electron chi connectivity index (χ3n) is 5.55. The number of benzene rings is 1. The zero-order valence-electron chi connectivity index (χ0n) is 19.3. The van der Waals surface area contributed by atoms with E-state index in [9.17, 15) is 17.4 Å². The summed E-state index contributed by atoms with van der Waals surface area (Å²) in [7, 11) is -1.34. The van der Waals surface area contributed by atoms with Gasteiger partial charge < -0.3 is 9.64 Å². The van der Waals surface area contributed by atoms with Gasteiger partial charge in [-0.05, 0) is 51.8 Å². The number of rotatable bonds is 4. The number of nitrogens with zero attached hydrogens (tertiary/aromatic N) is 4. The van der Waals surface area contributed by atoms with Crippen LogP contribution in [0, 0.1) is 6.92 Å². The highest BCUT2D eigenvalue weighted by Crippen LogP contribution is 2.35. The summed E-state index contributed by atoms with van der Waals surface area (Å²) in [5.74, 6) is 0.387. The lowest BCUT2D eigenvalue weighted by Gasteiger charge is -2.29. The lowest BCUT2D eigenvalue weighted by molar-refractivity contribution is -0.140. The molecule has 1 aliphatic rings. The molecule has 0 radical (unpaired) electrons. The van der Waals surface area contributed by atoms with Gasteiger partial charge in [-0.2, -0.15) is 13.2 Å². The van der Waals surface area contributed by atoms with Crippen LogP contribution in [-0.2, 0) is 21.9 Å². The second-order valence-corrected chi connectivity index (χ2v) is 11.3. The van der Waals surface area contributed by atoms with Crippen LogP contribution in [0.1, 0.15) is 50.6 Å². The lowest BCUT2D eigenvalue weighted by Crippen LogP contribution is -2.38. The van der Waals surface area contributed by atoms with Crippen LogP contribution < -0.4 is 9.62 Å². The number of aromatic nitrogens is 3. The maximum atomic E-state index is 13.6. The molecule has 3 aromatic rings. The molecule has 3 heterocycles. The highest BCUT2D eigenvalue weighted by Gasteiger charge is 2.35. The molecule has 1 aromatic carbocycles. The summed E-state index contributed by atoms with van der Waals surface area (Å²) in [6, 6.07) is 3.38. The molecule has 0 bridgehead atoms. The number of imidazole rings is 1. The number of anilines is 1. The fourth-order valence-corrected chi connectivity index (χ4v) is 4.63. The van der Waals surface area contributed by atoms with Crippen molar-refractivity contribution in [3.63, 3.8) is 0 Å². The van der Waals surface area contributed by atoms with Gasteiger partial charge in [-0.25, -0.2) is 18.9 Å². The average Bonchev–Trinajstić information content (AvgIpc) is 3.19. The third kappa shape index (κ3) is 4.71. The number of fused-ring (bicyclic) bond motifs is 3. The van der Waals surface area contributed by atoms with E-state index in [1.807, 2.05) is 45.6 Å². The molecule has 7 nitrogen and oxygen atoms in total. The molecule has 0 spiro atoms.